The predicted molar refractivity (Wildman–Crippen MR) is 94.4 cm³/mol. The highest BCUT2D eigenvalue weighted by Gasteiger charge is 2.11. The Bertz CT molecular complexity index is 517. The Morgan fingerprint density at radius 2 is 2.00 bits per heavy atom. The molecular formula is C18H29N3O2. The van der Waals surface area contributed by atoms with Crippen molar-refractivity contribution in [1.82, 2.24) is 10.2 Å². The van der Waals surface area contributed by atoms with Gasteiger partial charge in [-0.25, -0.2) is 4.99 Å². The van der Waals surface area contributed by atoms with Gasteiger partial charge in [-0.15, -0.1) is 0 Å². The molecule has 0 amide bonds. The minimum atomic E-state index is 0.634. The summed E-state index contributed by atoms with van der Waals surface area (Å²) in [5.41, 5.74) is 1.13. The Morgan fingerprint density at radius 3 is 2.74 bits per heavy atom. The molecule has 5 nitrogen and oxygen atoms in total. The summed E-state index contributed by atoms with van der Waals surface area (Å²) in [7, 11) is 2.09. The molecule has 5 heteroatoms. The number of fused-ring (bicyclic) bond motifs is 1. The van der Waals surface area contributed by atoms with E-state index in [1.54, 1.807) is 0 Å². The number of hydrogen-bond acceptors (Lipinski definition) is 3. The lowest BCUT2D eigenvalue weighted by Crippen LogP contribution is -2.39. The van der Waals surface area contributed by atoms with E-state index in [9.17, 15) is 0 Å². The lowest BCUT2D eigenvalue weighted by Gasteiger charge is -2.21. The molecule has 0 saturated heterocycles. The molecular weight excluding hydrogens is 290 g/mol. The number of nitrogens with zero attached hydrogens (tertiary/aromatic N) is 2. The summed E-state index contributed by atoms with van der Waals surface area (Å²) in [6.07, 6.45) is 3.28. The fourth-order valence-electron chi connectivity index (χ4n) is 2.44. The highest BCUT2D eigenvalue weighted by molar-refractivity contribution is 5.79. The zero-order valence-electron chi connectivity index (χ0n) is 14.6. The van der Waals surface area contributed by atoms with Crippen LogP contribution in [-0.4, -0.2) is 44.2 Å². The summed E-state index contributed by atoms with van der Waals surface area (Å²) in [4.78, 5) is 6.93. The van der Waals surface area contributed by atoms with Crippen LogP contribution < -0.4 is 14.8 Å². The Labute approximate surface area is 139 Å². The number of hydrogen-bond donors (Lipinski definition) is 1. The van der Waals surface area contributed by atoms with Gasteiger partial charge in [0.25, 0.3) is 0 Å². The summed E-state index contributed by atoms with van der Waals surface area (Å²) in [5, 5.41) is 3.35. The third-order valence-corrected chi connectivity index (χ3v) is 3.77. The molecule has 0 aromatic heterocycles. The summed E-state index contributed by atoms with van der Waals surface area (Å²) in [6, 6.07) is 6.09. The van der Waals surface area contributed by atoms with Crippen molar-refractivity contribution in [2.45, 2.75) is 39.7 Å². The molecule has 1 aromatic rings. The molecule has 23 heavy (non-hydrogen) atoms. The van der Waals surface area contributed by atoms with Gasteiger partial charge in [0, 0.05) is 26.6 Å². The largest absolute Gasteiger partial charge is 0.490 e. The topological polar surface area (TPSA) is 46.1 Å². The Morgan fingerprint density at radius 1 is 1.22 bits per heavy atom. The van der Waals surface area contributed by atoms with Gasteiger partial charge in [-0.05, 0) is 31.0 Å². The predicted octanol–water partition coefficient (Wildman–Crippen LogP) is 3.05. The summed E-state index contributed by atoms with van der Waals surface area (Å²) in [5.74, 6) is 2.62. The molecule has 1 aliphatic heterocycles. The molecule has 0 bridgehead atoms. The fraction of sp³-hybridized carbons (Fsp3) is 0.611. The van der Waals surface area contributed by atoms with Crippen LogP contribution in [0.1, 0.15) is 38.7 Å². The summed E-state index contributed by atoms with van der Waals surface area (Å²) >= 11 is 0. The van der Waals surface area contributed by atoms with E-state index in [-0.39, 0.29) is 0 Å². The molecule has 1 heterocycles. The number of rotatable bonds is 6. The van der Waals surface area contributed by atoms with Gasteiger partial charge in [-0.3, -0.25) is 0 Å². The maximum absolute atomic E-state index is 5.74. The molecule has 1 aromatic carbocycles. The maximum Gasteiger partial charge on any atom is 0.193 e. The van der Waals surface area contributed by atoms with Crippen molar-refractivity contribution < 1.29 is 9.47 Å². The van der Waals surface area contributed by atoms with Gasteiger partial charge in [-0.2, -0.15) is 0 Å². The number of nitrogens with one attached hydrogen (secondary N) is 1. The van der Waals surface area contributed by atoms with Gasteiger partial charge < -0.3 is 19.7 Å². The standard InChI is InChI=1S/C18H29N3O2/c1-4-6-10-21(3)18(19-5-2)20-14-15-8-9-16-17(13-15)23-12-7-11-22-16/h8-9,13H,4-7,10-12,14H2,1-3H3,(H,19,20). The van der Waals surface area contributed by atoms with Crippen molar-refractivity contribution >= 4 is 5.96 Å². The van der Waals surface area contributed by atoms with Crippen molar-refractivity contribution in [3.05, 3.63) is 23.8 Å². The van der Waals surface area contributed by atoms with Crippen molar-refractivity contribution in [3.63, 3.8) is 0 Å². The van der Waals surface area contributed by atoms with E-state index in [2.05, 4.69) is 37.2 Å². The minimum Gasteiger partial charge on any atom is -0.490 e. The fourth-order valence-corrected chi connectivity index (χ4v) is 2.44. The van der Waals surface area contributed by atoms with E-state index in [1.807, 2.05) is 12.1 Å². The molecule has 0 aliphatic carbocycles. The van der Waals surface area contributed by atoms with E-state index in [1.165, 1.54) is 12.8 Å². The van der Waals surface area contributed by atoms with Crippen LogP contribution in [0.5, 0.6) is 11.5 Å². The van der Waals surface area contributed by atoms with Gasteiger partial charge in [0.15, 0.2) is 17.5 Å². The quantitative estimate of drug-likeness (QED) is 0.647. The number of guanidine groups is 1. The molecule has 0 fully saturated rings. The average molecular weight is 319 g/mol. The highest BCUT2D eigenvalue weighted by Crippen LogP contribution is 2.30. The van der Waals surface area contributed by atoms with Crippen LogP contribution in [0.15, 0.2) is 23.2 Å². The highest BCUT2D eigenvalue weighted by atomic mass is 16.5. The minimum absolute atomic E-state index is 0.634. The molecule has 0 atom stereocenters. The van der Waals surface area contributed by atoms with Gasteiger partial charge >= 0.3 is 0 Å². The molecule has 0 radical (unpaired) electrons. The van der Waals surface area contributed by atoms with E-state index in [4.69, 9.17) is 14.5 Å². The molecule has 1 N–H and O–H groups in total. The Balaban J connectivity index is 2.04. The second kappa shape index (κ2) is 9.28. The van der Waals surface area contributed by atoms with Crippen LogP contribution in [-0.2, 0) is 6.54 Å². The van der Waals surface area contributed by atoms with Crippen LogP contribution in [0, 0.1) is 0 Å². The molecule has 0 unspecified atom stereocenters. The molecule has 0 spiro atoms. The van der Waals surface area contributed by atoms with Crippen LogP contribution in [0.25, 0.3) is 0 Å². The molecule has 128 valence electrons. The molecule has 0 saturated carbocycles. The molecule has 1 aliphatic rings. The van der Waals surface area contributed by atoms with Crippen LogP contribution in [0.3, 0.4) is 0 Å². The SMILES string of the molecule is CCCCN(C)C(=NCc1ccc2c(c1)OCCCO2)NCC. The zero-order valence-corrected chi connectivity index (χ0v) is 14.6. The Kier molecular flexibility index (Phi) is 7.04. The third kappa shape index (κ3) is 5.34. The van der Waals surface area contributed by atoms with E-state index in [0.717, 1.165) is 49.1 Å². The first-order valence-corrected chi connectivity index (χ1v) is 8.62. The second-order valence-corrected chi connectivity index (χ2v) is 5.78. The van der Waals surface area contributed by atoms with Gasteiger partial charge in [0.05, 0.1) is 19.8 Å². The number of benzene rings is 1. The normalized spacial score (nSPS) is 14.3. The number of unbranched alkanes of at least 4 members (excludes halogenated alkanes) is 1. The van der Waals surface area contributed by atoms with Crippen molar-refractivity contribution in [3.8, 4) is 11.5 Å². The zero-order chi connectivity index (χ0) is 16.5. The molecule has 2 rings (SSSR count). The first-order chi connectivity index (χ1) is 11.2. The van der Waals surface area contributed by atoms with E-state index < -0.39 is 0 Å². The summed E-state index contributed by atoms with van der Waals surface area (Å²) < 4.78 is 11.4. The van der Waals surface area contributed by atoms with Gasteiger partial charge in [-0.1, -0.05) is 19.4 Å². The van der Waals surface area contributed by atoms with Crippen LogP contribution in [0.2, 0.25) is 0 Å². The van der Waals surface area contributed by atoms with Crippen molar-refractivity contribution in [2.75, 3.05) is 33.4 Å². The number of aliphatic imine (C=N–C) groups is 1. The lowest BCUT2D eigenvalue weighted by atomic mass is 10.2. The maximum atomic E-state index is 5.74. The first-order valence-electron chi connectivity index (χ1n) is 8.62. The Hall–Kier alpha value is -1.91. The smallest absolute Gasteiger partial charge is 0.193 e. The third-order valence-electron chi connectivity index (χ3n) is 3.77. The van der Waals surface area contributed by atoms with E-state index >= 15 is 0 Å². The van der Waals surface area contributed by atoms with Crippen LogP contribution >= 0.6 is 0 Å². The van der Waals surface area contributed by atoms with Crippen LogP contribution in [0.4, 0.5) is 0 Å². The number of ether oxygens (including phenoxy) is 2. The lowest BCUT2D eigenvalue weighted by molar-refractivity contribution is 0.297. The first kappa shape index (κ1) is 17.4. The van der Waals surface area contributed by atoms with Gasteiger partial charge in [0.1, 0.15) is 0 Å². The van der Waals surface area contributed by atoms with Gasteiger partial charge in [0.2, 0.25) is 0 Å². The second-order valence-electron chi connectivity index (χ2n) is 5.78. The van der Waals surface area contributed by atoms with E-state index in [0.29, 0.717) is 13.2 Å². The monoisotopic (exact) mass is 319 g/mol. The van der Waals surface area contributed by atoms with Crippen molar-refractivity contribution in [2.24, 2.45) is 4.99 Å². The van der Waals surface area contributed by atoms with Crippen molar-refractivity contribution in [1.29, 1.82) is 0 Å². The average Bonchev–Trinajstić information content (AvgIpc) is 2.81. The summed E-state index contributed by atoms with van der Waals surface area (Å²) in [6.45, 7) is 8.25.